The predicted octanol–water partition coefficient (Wildman–Crippen LogP) is 2.65. The summed E-state index contributed by atoms with van der Waals surface area (Å²) in [6.45, 7) is 0.0173. The third kappa shape index (κ3) is 5.01. The molecule has 142 valence electrons. The highest BCUT2D eigenvalue weighted by Crippen LogP contribution is 2.31. The highest BCUT2D eigenvalue weighted by atomic mass is 35.5. The molecule has 0 aliphatic rings. The van der Waals surface area contributed by atoms with E-state index < -0.39 is 15.9 Å². The van der Waals surface area contributed by atoms with Crippen LogP contribution >= 0.6 is 22.9 Å². The van der Waals surface area contributed by atoms with Gasteiger partial charge in [0.1, 0.15) is 10.2 Å². The molecule has 0 aliphatic heterocycles. The van der Waals surface area contributed by atoms with Crippen LogP contribution in [0.3, 0.4) is 0 Å². The highest BCUT2D eigenvalue weighted by Gasteiger charge is 2.17. The number of methoxy groups -OCH3 is 1. The summed E-state index contributed by atoms with van der Waals surface area (Å²) in [4.78, 5) is 20.5. The van der Waals surface area contributed by atoms with Gasteiger partial charge >= 0.3 is 0 Å². The van der Waals surface area contributed by atoms with Crippen molar-refractivity contribution in [3.8, 4) is 11.1 Å². The summed E-state index contributed by atoms with van der Waals surface area (Å²) in [5, 5.41) is 0.932. The fraction of sp³-hybridized carbons (Fsp3) is 0.235. The number of amides is 1. The number of benzene rings is 1. The number of thiazole rings is 1. The molecule has 0 unspecified atom stereocenters. The summed E-state index contributed by atoms with van der Waals surface area (Å²) >= 11 is 7.47. The average Bonchev–Trinajstić information content (AvgIpc) is 3.01. The van der Waals surface area contributed by atoms with Gasteiger partial charge in [-0.15, -0.1) is 11.3 Å². The van der Waals surface area contributed by atoms with Gasteiger partial charge in [0.2, 0.25) is 15.9 Å². The topological polar surface area (TPSA) is 98.2 Å². The Morgan fingerprint density at radius 1 is 1.33 bits per heavy atom. The molecule has 1 amide bonds. The predicted molar refractivity (Wildman–Crippen MR) is 105 cm³/mol. The van der Waals surface area contributed by atoms with Crippen molar-refractivity contribution in [2.75, 3.05) is 19.5 Å². The van der Waals surface area contributed by atoms with Crippen LogP contribution in [0.1, 0.15) is 5.01 Å². The molecular weight excluding hydrogens is 410 g/mol. The molecule has 0 aliphatic carbocycles. The molecule has 0 bridgehead atoms. The second-order valence-corrected chi connectivity index (χ2v) is 8.96. The van der Waals surface area contributed by atoms with Crippen LogP contribution in [0.2, 0.25) is 5.15 Å². The molecule has 0 saturated carbocycles. The Morgan fingerprint density at radius 2 is 2.15 bits per heavy atom. The van der Waals surface area contributed by atoms with Gasteiger partial charge < -0.3 is 4.74 Å². The third-order valence-electron chi connectivity index (χ3n) is 3.64. The Morgan fingerprint density at radius 3 is 2.89 bits per heavy atom. The molecule has 3 aromatic rings. The van der Waals surface area contributed by atoms with Gasteiger partial charge in [0.15, 0.2) is 0 Å². The maximum atomic E-state index is 12.0. The van der Waals surface area contributed by atoms with E-state index in [1.807, 2.05) is 29.0 Å². The van der Waals surface area contributed by atoms with Crippen LogP contribution in [0.5, 0.6) is 0 Å². The summed E-state index contributed by atoms with van der Waals surface area (Å²) in [7, 11) is -2.32. The molecule has 0 spiro atoms. The lowest BCUT2D eigenvalue weighted by molar-refractivity contribution is -0.118. The van der Waals surface area contributed by atoms with Crippen LogP contribution in [-0.2, 0) is 26.0 Å². The van der Waals surface area contributed by atoms with E-state index in [1.54, 1.807) is 12.3 Å². The molecule has 27 heavy (non-hydrogen) atoms. The lowest BCUT2D eigenvalue weighted by atomic mass is 10.1. The zero-order valence-corrected chi connectivity index (χ0v) is 16.7. The van der Waals surface area contributed by atoms with E-state index in [0.29, 0.717) is 10.2 Å². The van der Waals surface area contributed by atoms with E-state index in [2.05, 4.69) is 9.97 Å². The first kappa shape index (κ1) is 19.7. The molecule has 1 aromatic carbocycles. The van der Waals surface area contributed by atoms with Crippen molar-refractivity contribution < 1.29 is 17.9 Å². The van der Waals surface area contributed by atoms with E-state index >= 15 is 0 Å². The number of fused-ring (bicyclic) bond motifs is 1. The number of carbonyl (C=O) groups is 1. The molecular formula is C17H16ClN3O4S2. The highest BCUT2D eigenvalue weighted by molar-refractivity contribution is 7.90. The minimum atomic E-state index is -3.71. The first-order valence-corrected chi connectivity index (χ1v) is 10.8. The van der Waals surface area contributed by atoms with Crippen molar-refractivity contribution in [2.24, 2.45) is 0 Å². The summed E-state index contributed by atoms with van der Waals surface area (Å²) in [6, 6.07) is 9.31. The largest absolute Gasteiger partial charge is 0.384 e. The van der Waals surface area contributed by atoms with E-state index in [-0.39, 0.29) is 18.8 Å². The van der Waals surface area contributed by atoms with Crippen molar-refractivity contribution in [3.05, 3.63) is 46.7 Å². The molecule has 2 heterocycles. The molecule has 0 atom stereocenters. The number of aromatic nitrogens is 2. The number of carbonyl (C=O) groups excluding carboxylic acids is 1. The normalized spacial score (nSPS) is 11.6. The fourth-order valence-electron chi connectivity index (χ4n) is 2.41. The van der Waals surface area contributed by atoms with Crippen molar-refractivity contribution >= 4 is 49.1 Å². The summed E-state index contributed by atoms with van der Waals surface area (Å²) in [6.07, 6.45) is 1.50. The smallest absolute Gasteiger partial charge is 0.240 e. The van der Waals surface area contributed by atoms with Gasteiger partial charge in [0, 0.05) is 18.9 Å². The minimum absolute atomic E-state index is 0.0173. The maximum Gasteiger partial charge on any atom is 0.240 e. The van der Waals surface area contributed by atoms with Crippen LogP contribution in [0.15, 0.2) is 36.5 Å². The molecule has 3 rings (SSSR count). The zero-order valence-electron chi connectivity index (χ0n) is 14.3. The SMILES string of the molecule is COCCS(=O)(=O)NC(=O)Cc1nc2ccc(-c3cccnc3Cl)cc2s1. The monoisotopic (exact) mass is 425 g/mol. The number of hydrogen-bond donors (Lipinski definition) is 1. The van der Waals surface area contributed by atoms with Crippen molar-refractivity contribution in [1.29, 1.82) is 0 Å². The van der Waals surface area contributed by atoms with Gasteiger partial charge in [-0.3, -0.25) is 9.52 Å². The third-order valence-corrected chi connectivity index (χ3v) is 6.20. The van der Waals surface area contributed by atoms with Gasteiger partial charge in [0.05, 0.1) is 29.0 Å². The van der Waals surface area contributed by atoms with Crippen molar-refractivity contribution in [2.45, 2.75) is 6.42 Å². The molecule has 0 saturated heterocycles. The molecule has 10 heteroatoms. The minimum Gasteiger partial charge on any atom is -0.384 e. The van der Waals surface area contributed by atoms with Crippen molar-refractivity contribution in [1.82, 2.24) is 14.7 Å². The van der Waals surface area contributed by atoms with Crippen LogP contribution < -0.4 is 4.72 Å². The van der Waals surface area contributed by atoms with Gasteiger partial charge in [-0.05, 0) is 29.8 Å². The Bertz CT molecular complexity index is 1080. The van der Waals surface area contributed by atoms with Gasteiger partial charge in [-0.2, -0.15) is 0 Å². The Balaban J connectivity index is 1.77. The summed E-state index contributed by atoms with van der Waals surface area (Å²) < 4.78 is 31.1. The van der Waals surface area contributed by atoms with Crippen LogP contribution in [-0.4, -0.2) is 43.8 Å². The first-order chi connectivity index (χ1) is 12.9. The average molecular weight is 426 g/mol. The van der Waals surface area contributed by atoms with Gasteiger partial charge in [-0.1, -0.05) is 17.7 Å². The van der Waals surface area contributed by atoms with E-state index in [1.165, 1.54) is 18.4 Å². The van der Waals surface area contributed by atoms with E-state index in [4.69, 9.17) is 16.3 Å². The molecule has 1 N–H and O–H groups in total. The molecule has 7 nitrogen and oxygen atoms in total. The Kier molecular flexibility index (Phi) is 6.05. The number of halogens is 1. The number of sulfonamides is 1. The number of rotatable bonds is 7. The lowest BCUT2D eigenvalue weighted by Crippen LogP contribution is -2.34. The maximum absolute atomic E-state index is 12.0. The second-order valence-electron chi connectivity index (χ2n) is 5.65. The van der Waals surface area contributed by atoms with Crippen LogP contribution in [0, 0.1) is 0 Å². The summed E-state index contributed by atoms with van der Waals surface area (Å²) in [5.41, 5.74) is 2.43. The quantitative estimate of drug-likeness (QED) is 0.584. The number of nitrogens with one attached hydrogen (secondary N) is 1. The second kappa shape index (κ2) is 8.30. The lowest BCUT2D eigenvalue weighted by Gasteiger charge is -2.04. The van der Waals surface area contributed by atoms with E-state index in [0.717, 1.165) is 21.3 Å². The van der Waals surface area contributed by atoms with Crippen LogP contribution in [0.4, 0.5) is 0 Å². The number of pyridine rings is 1. The van der Waals surface area contributed by atoms with Gasteiger partial charge in [0.25, 0.3) is 0 Å². The number of hydrogen-bond acceptors (Lipinski definition) is 7. The number of nitrogens with zero attached hydrogens (tertiary/aromatic N) is 2. The molecule has 2 aromatic heterocycles. The van der Waals surface area contributed by atoms with Crippen molar-refractivity contribution in [3.63, 3.8) is 0 Å². The fourth-order valence-corrected chi connectivity index (χ4v) is 4.55. The Labute approximate surface area is 165 Å². The first-order valence-electron chi connectivity index (χ1n) is 7.90. The van der Waals surface area contributed by atoms with Crippen LogP contribution in [0.25, 0.3) is 21.3 Å². The molecule has 0 radical (unpaired) electrons. The zero-order chi connectivity index (χ0) is 19.4. The standard InChI is InChI=1S/C17H16ClN3O4S2/c1-25-7-8-27(23,24)21-15(22)10-16-20-13-5-4-11(9-14(13)26-16)12-3-2-6-19-17(12)18/h2-6,9H,7-8,10H2,1H3,(H,21,22). The van der Waals surface area contributed by atoms with Gasteiger partial charge in [-0.25, -0.2) is 18.4 Å². The summed E-state index contributed by atoms with van der Waals surface area (Å²) in [5.74, 6) is -0.898. The Hall–Kier alpha value is -2.07. The molecule has 0 fully saturated rings. The number of ether oxygens (including phenoxy) is 1. The van der Waals surface area contributed by atoms with E-state index in [9.17, 15) is 13.2 Å².